The first-order valence-electron chi connectivity index (χ1n) is 8.18. The van der Waals surface area contributed by atoms with Gasteiger partial charge in [-0.25, -0.2) is 0 Å². The fraction of sp³-hybridized carbons (Fsp3) is 0.0909. The van der Waals surface area contributed by atoms with E-state index in [0.717, 1.165) is 0 Å². The average Bonchev–Trinajstić information content (AvgIpc) is 2.65. The molecule has 0 amide bonds. The molecule has 0 N–H and O–H groups in total. The fourth-order valence-electron chi connectivity index (χ4n) is 2.31. The van der Waals surface area contributed by atoms with Gasteiger partial charge in [0.2, 0.25) is 0 Å². The third-order valence-electron chi connectivity index (χ3n) is 3.60. The fourth-order valence-corrected chi connectivity index (χ4v) is 9.67. The summed E-state index contributed by atoms with van der Waals surface area (Å²) in [5, 5.41) is 0. The van der Waals surface area contributed by atoms with E-state index < -0.39 is 19.8 Å². The summed E-state index contributed by atoms with van der Waals surface area (Å²) in [6.07, 6.45) is 0. The first-order chi connectivity index (χ1) is 11.7. The molecule has 0 aromatic heterocycles. The number of allylic oxidation sites excluding steroid dienone is 1. The Morgan fingerprint density at radius 3 is 1.08 bits per heavy atom. The van der Waals surface area contributed by atoms with E-state index in [1.165, 1.54) is 16.3 Å². The molecule has 0 aliphatic heterocycles. The van der Waals surface area contributed by atoms with Crippen molar-refractivity contribution in [2.24, 2.45) is 0 Å². The molecule has 2 heteroatoms. The van der Waals surface area contributed by atoms with Gasteiger partial charge >= 0.3 is 121 Å². The molecule has 3 rings (SSSR count). The van der Waals surface area contributed by atoms with Gasteiger partial charge in [0.25, 0.3) is 0 Å². The molecule has 0 atom stereocenters. The molecule has 0 saturated carbocycles. The van der Waals surface area contributed by atoms with E-state index in [1.807, 2.05) is 10.2 Å². The number of rotatable bonds is 3. The van der Waals surface area contributed by atoms with Crippen molar-refractivity contribution < 1.29 is 0 Å². The van der Waals surface area contributed by atoms with Crippen LogP contribution in [0.25, 0.3) is 0 Å². The molecular weight excluding hydrogens is 411 g/mol. The van der Waals surface area contributed by atoms with Crippen LogP contribution in [0.4, 0.5) is 0 Å². The predicted molar refractivity (Wildman–Crippen MR) is 112 cm³/mol. The van der Waals surface area contributed by atoms with Gasteiger partial charge in [-0.15, -0.1) is 5.70 Å². The van der Waals surface area contributed by atoms with Gasteiger partial charge in [-0.1, -0.05) is 5.57 Å². The minimum atomic E-state index is -1.98. The molecule has 0 heterocycles. The summed E-state index contributed by atoms with van der Waals surface area (Å²) in [5.41, 5.74) is 3.50. The van der Waals surface area contributed by atoms with Gasteiger partial charge in [0, 0.05) is 10.2 Å². The van der Waals surface area contributed by atoms with Crippen LogP contribution in [0.1, 0.15) is 13.8 Å². The summed E-state index contributed by atoms with van der Waals surface area (Å²) >= 11 is -1.98. The molecule has 3 aromatic rings. The van der Waals surface area contributed by atoms with Crippen molar-refractivity contribution in [2.45, 2.75) is 13.8 Å². The normalized spacial score (nSPS) is 9.83. The van der Waals surface area contributed by atoms with Gasteiger partial charge in [-0.2, -0.15) is 0 Å². The van der Waals surface area contributed by atoms with Crippen molar-refractivity contribution in [1.82, 2.24) is 0 Å². The Balaban J connectivity index is 0.000000368. The van der Waals surface area contributed by atoms with Crippen LogP contribution in [-0.4, -0.2) is 30.0 Å². The van der Waals surface area contributed by atoms with E-state index in [9.17, 15) is 0 Å². The van der Waals surface area contributed by atoms with E-state index in [1.54, 1.807) is 0 Å². The second kappa shape index (κ2) is 10.3. The van der Waals surface area contributed by atoms with Crippen molar-refractivity contribution in [2.75, 3.05) is 0 Å². The van der Waals surface area contributed by atoms with Gasteiger partial charge in [-0.05, 0) is 13.8 Å². The summed E-state index contributed by atoms with van der Waals surface area (Å²) in [6, 6.07) is 32.9. The van der Waals surface area contributed by atoms with Crippen molar-refractivity contribution in [1.29, 1.82) is 0 Å². The Morgan fingerprint density at radius 2 is 0.875 bits per heavy atom. The zero-order valence-corrected chi connectivity index (χ0v) is 18.7. The molecule has 0 bridgehead atoms. The summed E-state index contributed by atoms with van der Waals surface area (Å²) in [6.45, 7) is 4.18. The van der Waals surface area contributed by atoms with Crippen molar-refractivity contribution in [3.8, 4) is 0 Å². The van der Waals surface area contributed by atoms with Crippen LogP contribution in [0.3, 0.4) is 0 Å². The van der Waals surface area contributed by atoms with E-state index in [2.05, 4.69) is 111 Å². The molecule has 0 aliphatic rings. The molecule has 0 unspecified atom stereocenters. The molecule has 0 saturated heterocycles. The van der Waals surface area contributed by atoms with E-state index in [-0.39, 0.29) is 0 Å². The minimum absolute atomic E-state index is 1.39. The Kier molecular flexibility index (Phi) is 8.06. The van der Waals surface area contributed by atoms with Gasteiger partial charge < -0.3 is 0 Å². The zero-order valence-electron chi connectivity index (χ0n) is 14.4. The van der Waals surface area contributed by atoms with Crippen molar-refractivity contribution in [3.05, 3.63) is 102 Å². The van der Waals surface area contributed by atoms with Gasteiger partial charge in [-0.3, -0.25) is 0 Å². The summed E-state index contributed by atoms with van der Waals surface area (Å²) in [4.78, 5) is 0. The van der Waals surface area contributed by atoms with Gasteiger partial charge in [0.05, 0.1) is 0 Å². The molecule has 0 fully saturated rings. The Bertz CT molecular complexity index is 639. The summed E-state index contributed by atoms with van der Waals surface area (Å²) in [5.74, 6) is 0. The van der Waals surface area contributed by atoms with E-state index >= 15 is 0 Å². The topological polar surface area (TPSA) is 0 Å². The van der Waals surface area contributed by atoms with E-state index in [0.29, 0.717) is 0 Å². The first-order valence-corrected chi connectivity index (χ1v) is 13.3. The Hall–Kier alpha value is -1.58. The van der Waals surface area contributed by atoms with Crippen LogP contribution in [0, 0.1) is 0 Å². The molecule has 120 valence electrons. The van der Waals surface area contributed by atoms with E-state index in [4.69, 9.17) is 0 Å². The van der Waals surface area contributed by atoms with Crippen molar-refractivity contribution in [3.63, 3.8) is 0 Å². The second-order valence-electron chi connectivity index (χ2n) is 5.75. The maximum absolute atomic E-state index is 2.29. The third-order valence-corrected chi connectivity index (χ3v) is 12.2. The molecular formula is C22H24SiSn. The van der Waals surface area contributed by atoms with Crippen molar-refractivity contribution >= 4 is 40.7 Å². The van der Waals surface area contributed by atoms with Crippen LogP contribution in [0.5, 0.6) is 0 Å². The summed E-state index contributed by atoms with van der Waals surface area (Å²) < 4.78 is 4.59. The number of benzene rings is 3. The number of hydrogen-bond acceptors (Lipinski definition) is 0. The second-order valence-corrected chi connectivity index (χ2v) is 13.2. The molecule has 0 aliphatic carbocycles. The predicted octanol–water partition coefficient (Wildman–Crippen LogP) is 2.75. The quantitative estimate of drug-likeness (QED) is 0.556. The van der Waals surface area contributed by atoms with Crippen LogP contribution >= 0.6 is 0 Å². The molecule has 0 nitrogen and oxygen atoms in total. The molecule has 3 aromatic carbocycles. The van der Waals surface area contributed by atoms with Gasteiger partial charge in [0.1, 0.15) is 0 Å². The van der Waals surface area contributed by atoms with Crippen LogP contribution in [0.2, 0.25) is 0 Å². The molecule has 2 radical (unpaired) electrons. The van der Waals surface area contributed by atoms with Gasteiger partial charge in [0.15, 0.2) is 0 Å². The first kappa shape index (κ1) is 18.7. The Morgan fingerprint density at radius 1 is 0.625 bits per heavy atom. The monoisotopic (exact) mass is 436 g/mol. The molecule has 24 heavy (non-hydrogen) atoms. The third kappa shape index (κ3) is 5.80. The van der Waals surface area contributed by atoms with Crippen LogP contribution in [0.15, 0.2) is 102 Å². The maximum atomic E-state index is 2.29. The van der Waals surface area contributed by atoms with Crippen LogP contribution < -0.4 is 10.7 Å². The standard InChI is InChI=1S/3C6H5.C4H9Si.Sn/c3*1-2-4-6-5-3-1;1-4(2)3-5;/h3*1-5H;3H,5H2,1-2H3;. The SMILES string of the molecule is CC(C)=C[SiH2].c1cc[c]([Sn]([c]2ccccc2)[c]2ccccc2)cc1. The van der Waals surface area contributed by atoms with Crippen LogP contribution in [-0.2, 0) is 0 Å². The number of hydrogen-bond donors (Lipinski definition) is 0. The summed E-state index contributed by atoms with van der Waals surface area (Å²) in [7, 11) is 1.87. The zero-order chi connectivity index (χ0) is 17.2. The average molecular weight is 435 g/mol. The Labute approximate surface area is 156 Å². The molecule has 0 spiro atoms.